The van der Waals surface area contributed by atoms with E-state index in [0.717, 1.165) is 5.69 Å². The number of aliphatic hydroxyl groups excluding tert-OH is 1. The van der Waals surface area contributed by atoms with E-state index in [0.29, 0.717) is 13.1 Å². The van der Waals surface area contributed by atoms with Gasteiger partial charge in [-0.05, 0) is 32.0 Å². The Labute approximate surface area is 117 Å². The zero-order chi connectivity index (χ0) is 14.9. The summed E-state index contributed by atoms with van der Waals surface area (Å²) in [6.07, 6.45) is -0.287. The number of aliphatic hydroxyl groups is 1. The van der Waals surface area contributed by atoms with Crippen LogP contribution in [0, 0.1) is 0 Å². The average molecular weight is 280 g/mol. The average Bonchev–Trinajstić information content (AvgIpc) is 2.36. The molecule has 0 bridgehead atoms. The van der Waals surface area contributed by atoms with Gasteiger partial charge in [0.1, 0.15) is 0 Å². The standard InChI is InChI=1S/C14H20N2O4/c1-14(2)8-16(6-10(7-17)20-14)9-3-4-12(15)11(5-9)13(18)19/h3-5,10,17H,6-8,15H2,1-2H3,(H,18,19). The highest BCUT2D eigenvalue weighted by Crippen LogP contribution is 2.28. The van der Waals surface area contributed by atoms with Gasteiger partial charge in [0.2, 0.25) is 0 Å². The lowest BCUT2D eigenvalue weighted by Crippen LogP contribution is -2.54. The molecule has 0 aliphatic carbocycles. The number of morpholine rings is 1. The van der Waals surface area contributed by atoms with Crippen molar-refractivity contribution < 1.29 is 19.7 Å². The lowest BCUT2D eigenvalue weighted by Gasteiger charge is -2.43. The largest absolute Gasteiger partial charge is 0.478 e. The van der Waals surface area contributed by atoms with Crippen molar-refractivity contribution >= 4 is 17.3 Å². The fraction of sp³-hybridized carbons (Fsp3) is 0.500. The minimum atomic E-state index is -1.05. The van der Waals surface area contributed by atoms with E-state index in [4.69, 9.17) is 15.6 Å². The number of nitrogens with zero attached hydrogens (tertiary/aromatic N) is 1. The van der Waals surface area contributed by atoms with Crippen LogP contribution in [0.1, 0.15) is 24.2 Å². The Morgan fingerprint density at radius 2 is 2.25 bits per heavy atom. The van der Waals surface area contributed by atoms with Crippen molar-refractivity contribution in [3.8, 4) is 0 Å². The van der Waals surface area contributed by atoms with Crippen LogP contribution >= 0.6 is 0 Å². The minimum Gasteiger partial charge on any atom is -0.478 e. The minimum absolute atomic E-state index is 0.0688. The maximum absolute atomic E-state index is 11.1. The summed E-state index contributed by atoms with van der Waals surface area (Å²) in [4.78, 5) is 13.2. The molecular formula is C14H20N2O4. The number of benzene rings is 1. The molecule has 1 unspecified atom stereocenters. The molecule has 1 aromatic carbocycles. The van der Waals surface area contributed by atoms with E-state index in [9.17, 15) is 9.90 Å². The van der Waals surface area contributed by atoms with Crippen LogP contribution in [0.25, 0.3) is 0 Å². The topological polar surface area (TPSA) is 96.0 Å². The van der Waals surface area contributed by atoms with Gasteiger partial charge >= 0.3 is 5.97 Å². The molecule has 1 heterocycles. The second-order valence-electron chi connectivity index (χ2n) is 5.64. The number of aromatic carboxylic acids is 1. The van der Waals surface area contributed by atoms with E-state index in [1.54, 1.807) is 18.2 Å². The Morgan fingerprint density at radius 3 is 2.85 bits per heavy atom. The van der Waals surface area contributed by atoms with E-state index >= 15 is 0 Å². The van der Waals surface area contributed by atoms with E-state index in [-0.39, 0.29) is 24.0 Å². The molecule has 1 saturated heterocycles. The van der Waals surface area contributed by atoms with E-state index in [1.807, 2.05) is 18.7 Å². The monoisotopic (exact) mass is 280 g/mol. The third-order valence-corrected chi connectivity index (χ3v) is 3.32. The van der Waals surface area contributed by atoms with Gasteiger partial charge < -0.3 is 25.6 Å². The molecule has 1 fully saturated rings. The summed E-state index contributed by atoms with van der Waals surface area (Å²) in [5.74, 6) is -1.05. The van der Waals surface area contributed by atoms with Gasteiger partial charge in [0.05, 0.1) is 23.9 Å². The lowest BCUT2D eigenvalue weighted by molar-refractivity contribution is -0.101. The Balaban J connectivity index is 2.30. The molecule has 20 heavy (non-hydrogen) atoms. The van der Waals surface area contributed by atoms with Crippen molar-refractivity contribution in [2.45, 2.75) is 25.6 Å². The quantitative estimate of drug-likeness (QED) is 0.713. The summed E-state index contributed by atoms with van der Waals surface area (Å²) in [7, 11) is 0. The fourth-order valence-corrected chi connectivity index (χ4v) is 2.51. The molecular weight excluding hydrogens is 260 g/mol. The number of nitrogens with two attached hydrogens (primary N) is 1. The Kier molecular flexibility index (Phi) is 3.87. The number of hydrogen-bond acceptors (Lipinski definition) is 5. The molecule has 0 radical (unpaired) electrons. The van der Waals surface area contributed by atoms with Crippen LogP contribution in [-0.2, 0) is 4.74 Å². The molecule has 0 amide bonds. The predicted octanol–water partition coefficient (Wildman–Crippen LogP) is 0.943. The first-order chi connectivity index (χ1) is 9.32. The first kappa shape index (κ1) is 14.6. The molecule has 0 spiro atoms. The van der Waals surface area contributed by atoms with Gasteiger partial charge in [-0.25, -0.2) is 4.79 Å². The number of anilines is 2. The van der Waals surface area contributed by atoms with Gasteiger partial charge in [0, 0.05) is 24.5 Å². The number of nitrogen functional groups attached to an aromatic ring is 1. The normalized spacial score (nSPS) is 21.8. The van der Waals surface area contributed by atoms with Crippen LogP contribution < -0.4 is 10.6 Å². The maximum atomic E-state index is 11.1. The van der Waals surface area contributed by atoms with E-state index < -0.39 is 11.6 Å². The highest BCUT2D eigenvalue weighted by Gasteiger charge is 2.33. The smallest absolute Gasteiger partial charge is 0.337 e. The second kappa shape index (κ2) is 5.30. The van der Waals surface area contributed by atoms with Gasteiger partial charge in [-0.3, -0.25) is 0 Å². The molecule has 1 atom stereocenters. The highest BCUT2D eigenvalue weighted by molar-refractivity contribution is 5.94. The van der Waals surface area contributed by atoms with Gasteiger partial charge in [0.25, 0.3) is 0 Å². The van der Waals surface area contributed by atoms with Crippen LogP contribution in [0.3, 0.4) is 0 Å². The molecule has 6 heteroatoms. The molecule has 110 valence electrons. The fourth-order valence-electron chi connectivity index (χ4n) is 2.51. The third-order valence-electron chi connectivity index (χ3n) is 3.32. The zero-order valence-electron chi connectivity index (χ0n) is 11.7. The molecule has 1 aliphatic rings. The van der Waals surface area contributed by atoms with E-state index in [2.05, 4.69) is 0 Å². The van der Waals surface area contributed by atoms with Crippen molar-refractivity contribution in [2.75, 3.05) is 30.3 Å². The van der Waals surface area contributed by atoms with Gasteiger partial charge in [-0.15, -0.1) is 0 Å². The molecule has 1 aromatic rings. The van der Waals surface area contributed by atoms with Crippen LogP contribution in [0.4, 0.5) is 11.4 Å². The van der Waals surface area contributed by atoms with Crippen LogP contribution in [-0.4, -0.2) is 47.6 Å². The molecule has 0 aromatic heterocycles. The van der Waals surface area contributed by atoms with Crippen LogP contribution in [0.5, 0.6) is 0 Å². The summed E-state index contributed by atoms with van der Waals surface area (Å²) in [5, 5.41) is 18.4. The summed E-state index contributed by atoms with van der Waals surface area (Å²) >= 11 is 0. The number of rotatable bonds is 3. The highest BCUT2D eigenvalue weighted by atomic mass is 16.5. The number of carboxylic acids is 1. The molecule has 2 rings (SSSR count). The first-order valence-corrected chi connectivity index (χ1v) is 6.49. The first-order valence-electron chi connectivity index (χ1n) is 6.49. The van der Waals surface area contributed by atoms with Crippen molar-refractivity contribution in [1.29, 1.82) is 0 Å². The lowest BCUT2D eigenvalue weighted by atomic mass is 10.0. The molecule has 0 saturated carbocycles. The summed E-state index contributed by atoms with van der Waals surface area (Å²) in [5.41, 5.74) is 6.36. The number of ether oxygens (including phenoxy) is 1. The predicted molar refractivity (Wildman–Crippen MR) is 76.1 cm³/mol. The number of carboxylic acid groups (broad SMARTS) is 1. The van der Waals surface area contributed by atoms with Crippen molar-refractivity contribution in [1.82, 2.24) is 0 Å². The number of hydrogen-bond donors (Lipinski definition) is 3. The van der Waals surface area contributed by atoms with Crippen LogP contribution in [0.2, 0.25) is 0 Å². The maximum Gasteiger partial charge on any atom is 0.337 e. The Morgan fingerprint density at radius 1 is 1.55 bits per heavy atom. The SMILES string of the molecule is CC1(C)CN(c2ccc(N)c(C(=O)O)c2)CC(CO)O1. The molecule has 6 nitrogen and oxygen atoms in total. The number of carbonyl (C=O) groups is 1. The van der Waals surface area contributed by atoms with Gasteiger partial charge in [-0.1, -0.05) is 0 Å². The summed E-state index contributed by atoms with van der Waals surface area (Å²) in [6.45, 7) is 4.95. The second-order valence-corrected chi connectivity index (χ2v) is 5.64. The zero-order valence-corrected chi connectivity index (χ0v) is 11.7. The third kappa shape index (κ3) is 3.02. The summed E-state index contributed by atoms with van der Waals surface area (Å²) in [6, 6.07) is 4.94. The van der Waals surface area contributed by atoms with Crippen LogP contribution in [0.15, 0.2) is 18.2 Å². The molecule has 4 N–H and O–H groups in total. The summed E-state index contributed by atoms with van der Waals surface area (Å²) < 4.78 is 5.74. The Hall–Kier alpha value is -1.79. The Bertz CT molecular complexity index is 516. The van der Waals surface area contributed by atoms with Crippen molar-refractivity contribution in [2.24, 2.45) is 0 Å². The van der Waals surface area contributed by atoms with Gasteiger partial charge in [0.15, 0.2) is 0 Å². The van der Waals surface area contributed by atoms with E-state index in [1.165, 1.54) is 0 Å². The molecule has 1 aliphatic heterocycles. The van der Waals surface area contributed by atoms with Gasteiger partial charge in [-0.2, -0.15) is 0 Å². The van der Waals surface area contributed by atoms with Crippen molar-refractivity contribution in [3.63, 3.8) is 0 Å². The van der Waals surface area contributed by atoms with Crippen molar-refractivity contribution in [3.05, 3.63) is 23.8 Å².